The first kappa shape index (κ1) is 16.9. The number of rotatable bonds is 5. The Morgan fingerprint density at radius 3 is 2.71 bits per heavy atom. The van der Waals surface area contributed by atoms with Crippen LogP contribution < -0.4 is 4.74 Å². The zero-order valence-electron chi connectivity index (χ0n) is 13.7. The lowest BCUT2D eigenvalue weighted by atomic mass is 10.00. The zero-order valence-corrected chi connectivity index (χ0v) is 15.3. The predicted molar refractivity (Wildman–Crippen MR) is 99.7 cm³/mol. The highest BCUT2D eigenvalue weighted by Crippen LogP contribution is 2.43. The van der Waals surface area contributed by atoms with Gasteiger partial charge >= 0.3 is 0 Å². The molecule has 0 aliphatic carbocycles. The molecule has 5 heteroatoms. The normalized spacial score (nSPS) is 11.2. The largest absolute Gasteiger partial charge is 0.507 e. The molecule has 0 atom stereocenters. The molecule has 126 valence electrons. The fraction of sp³-hybridized carbons (Fsp3) is 0.263. The molecule has 0 fully saturated rings. The van der Waals surface area contributed by atoms with Gasteiger partial charge in [-0.05, 0) is 42.7 Å². The van der Waals surface area contributed by atoms with Gasteiger partial charge < -0.3 is 19.5 Å². The van der Waals surface area contributed by atoms with Gasteiger partial charge in [0.2, 0.25) is 0 Å². The Balaban J connectivity index is 2.37. The van der Waals surface area contributed by atoms with Gasteiger partial charge in [-0.2, -0.15) is 0 Å². The summed E-state index contributed by atoms with van der Waals surface area (Å²) in [6, 6.07) is 11.4. The average molecular weight is 390 g/mol. The van der Waals surface area contributed by atoms with Gasteiger partial charge in [-0.1, -0.05) is 28.1 Å². The summed E-state index contributed by atoms with van der Waals surface area (Å²) < 4.78 is 8.56. The molecular formula is C19H20BrNO3. The van der Waals surface area contributed by atoms with Crippen LogP contribution in [0, 0.1) is 0 Å². The quantitative estimate of drug-likeness (QED) is 0.685. The Morgan fingerprint density at radius 1 is 1.21 bits per heavy atom. The summed E-state index contributed by atoms with van der Waals surface area (Å²) in [4.78, 5) is 0. The molecular weight excluding hydrogens is 370 g/mol. The van der Waals surface area contributed by atoms with Crippen molar-refractivity contribution in [3.63, 3.8) is 0 Å². The van der Waals surface area contributed by atoms with E-state index in [-0.39, 0.29) is 12.4 Å². The molecule has 1 aromatic heterocycles. The van der Waals surface area contributed by atoms with Crippen molar-refractivity contribution in [3.05, 3.63) is 46.4 Å². The number of aromatic nitrogens is 1. The number of phenols is 1. The Morgan fingerprint density at radius 2 is 2.00 bits per heavy atom. The first-order valence-electron chi connectivity index (χ1n) is 7.82. The molecule has 0 saturated carbocycles. The zero-order chi connectivity index (χ0) is 17.3. The lowest BCUT2D eigenvalue weighted by Gasteiger charge is -2.14. The number of benzene rings is 2. The first-order chi connectivity index (χ1) is 11.6. The number of fused-ring (bicyclic) bond motifs is 1. The molecule has 2 N–H and O–H groups in total. The van der Waals surface area contributed by atoms with Crippen LogP contribution in [0.1, 0.15) is 12.0 Å². The first-order valence-corrected chi connectivity index (χ1v) is 8.61. The highest BCUT2D eigenvalue weighted by molar-refractivity contribution is 9.10. The molecule has 2 aromatic carbocycles. The molecule has 3 rings (SSSR count). The van der Waals surface area contributed by atoms with Crippen LogP contribution in [-0.2, 0) is 13.5 Å². The monoisotopic (exact) mass is 389 g/mol. The molecule has 0 aliphatic rings. The van der Waals surface area contributed by atoms with E-state index in [1.165, 1.54) is 0 Å². The highest BCUT2D eigenvalue weighted by Gasteiger charge is 2.22. The Hall–Kier alpha value is -1.98. The van der Waals surface area contributed by atoms with E-state index in [1.54, 1.807) is 19.2 Å². The van der Waals surface area contributed by atoms with Crippen molar-refractivity contribution in [2.75, 3.05) is 13.7 Å². The van der Waals surface area contributed by atoms with Crippen LogP contribution >= 0.6 is 15.9 Å². The van der Waals surface area contributed by atoms with Crippen molar-refractivity contribution in [1.29, 1.82) is 0 Å². The van der Waals surface area contributed by atoms with Crippen LogP contribution in [0.25, 0.3) is 22.2 Å². The predicted octanol–water partition coefficient (Wildman–Crippen LogP) is 4.25. The minimum Gasteiger partial charge on any atom is -0.507 e. The van der Waals surface area contributed by atoms with Gasteiger partial charge in [-0.25, -0.2) is 0 Å². The Labute approximate surface area is 149 Å². The second-order valence-corrected chi connectivity index (χ2v) is 6.64. The SMILES string of the molecule is COc1cccc(O)c1-c1c(CCCO)c2ccc(Br)cc2n1C. The molecule has 3 aromatic rings. The number of methoxy groups -OCH3 is 1. The van der Waals surface area contributed by atoms with Crippen molar-refractivity contribution >= 4 is 26.8 Å². The van der Waals surface area contributed by atoms with Gasteiger partial charge in [0.1, 0.15) is 11.5 Å². The van der Waals surface area contributed by atoms with Crippen LogP contribution in [0.4, 0.5) is 0 Å². The van der Waals surface area contributed by atoms with Crippen LogP contribution in [0.5, 0.6) is 11.5 Å². The van der Waals surface area contributed by atoms with E-state index >= 15 is 0 Å². The molecule has 0 bridgehead atoms. The number of phenolic OH excluding ortho intramolecular Hbond substituents is 1. The minimum atomic E-state index is 0.129. The third-order valence-corrected chi connectivity index (χ3v) is 4.81. The molecule has 0 aliphatic heterocycles. The van der Waals surface area contributed by atoms with Gasteiger partial charge in [0.25, 0.3) is 0 Å². The number of aryl methyl sites for hydroxylation is 2. The van der Waals surface area contributed by atoms with Gasteiger partial charge in [-0.15, -0.1) is 0 Å². The number of halogens is 1. The number of aliphatic hydroxyl groups is 1. The number of aliphatic hydroxyl groups excluding tert-OH is 1. The maximum Gasteiger partial charge on any atom is 0.131 e. The van der Waals surface area contributed by atoms with Gasteiger partial charge in [0.15, 0.2) is 0 Å². The van der Waals surface area contributed by atoms with Crippen molar-refractivity contribution in [2.45, 2.75) is 12.8 Å². The average Bonchev–Trinajstić information content (AvgIpc) is 2.84. The van der Waals surface area contributed by atoms with Crippen LogP contribution in [0.3, 0.4) is 0 Å². The van der Waals surface area contributed by atoms with Crippen LogP contribution in [0.15, 0.2) is 40.9 Å². The van der Waals surface area contributed by atoms with Crippen molar-refractivity contribution in [1.82, 2.24) is 4.57 Å². The topological polar surface area (TPSA) is 54.6 Å². The molecule has 0 spiro atoms. The maximum atomic E-state index is 10.5. The second-order valence-electron chi connectivity index (χ2n) is 5.73. The van der Waals surface area contributed by atoms with Crippen molar-refractivity contribution in [3.8, 4) is 22.8 Å². The number of aromatic hydroxyl groups is 1. The molecule has 0 radical (unpaired) electrons. The number of ether oxygens (including phenoxy) is 1. The smallest absolute Gasteiger partial charge is 0.131 e. The summed E-state index contributed by atoms with van der Waals surface area (Å²) in [6.45, 7) is 0.129. The van der Waals surface area contributed by atoms with E-state index in [0.717, 1.165) is 33.1 Å². The van der Waals surface area contributed by atoms with E-state index in [4.69, 9.17) is 4.74 Å². The van der Waals surface area contributed by atoms with Gasteiger partial charge in [0.05, 0.1) is 18.4 Å². The molecule has 24 heavy (non-hydrogen) atoms. The fourth-order valence-electron chi connectivity index (χ4n) is 3.24. The van der Waals surface area contributed by atoms with E-state index < -0.39 is 0 Å². The van der Waals surface area contributed by atoms with Gasteiger partial charge in [-0.3, -0.25) is 0 Å². The molecule has 0 amide bonds. The number of nitrogens with zero attached hydrogens (tertiary/aromatic N) is 1. The standard InChI is InChI=1S/C19H20BrNO3/c1-21-15-11-12(20)8-9-13(15)14(5-4-10-22)19(21)18-16(23)6-3-7-17(18)24-2/h3,6-9,11,22-23H,4-5,10H2,1-2H3. The summed E-state index contributed by atoms with van der Waals surface area (Å²) in [5.74, 6) is 0.815. The molecule has 4 nitrogen and oxygen atoms in total. The second kappa shape index (κ2) is 6.87. The highest BCUT2D eigenvalue weighted by atomic mass is 79.9. The van der Waals surface area contributed by atoms with E-state index in [9.17, 15) is 10.2 Å². The fourth-order valence-corrected chi connectivity index (χ4v) is 3.59. The van der Waals surface area contributed by atoms with Crippen LogP contribution in [0.2, 0.25) is 0 Å². The van der Waals surface area contributed by atoms with Crippen LogP contribution in [-0.4, -0.2) is 28.5 Å². The van der Waals surface area contributed by atoms with Crippen molar-refractivity contribution in [2.24, 2.45) is 7.05 Å². The minimum absolute atomic E-state index is 0.129. The maximum absolute atomic E-state index is 10.5. The third kappa shape index (κ3) is 2.78. The number of hydrogen-bond acceptors (Lipinski definition) is 3. The summed E-state index contributed by atoms with van der Waals surface area (Å²) in [5, 5.41) is 20.9. The summed E-state index contributed by atoms with van der Waals surface area (Å²) in [7, 11) is 3.59. The van der Waals surface area contributed by atoms with Gasteiger partial charge in [0, 0.05) is 29.0 Å². The third-order valence-electron chi connectivity index (χ3n) is 4.31. The molecule has 0 unspecified atom stereocenters. The Kier molecular flexibility index (Phi) is 4.83. The van der Waals surface area contributed by atoms with Crippen molar-refractivity contribution < 1.29 is 14.9 Å². The van der Waals surface area contributed by atoms with E-state index in [1.807, 2.05) is 19.2 Å². The Bertz CT molecular complexity index is 886. The number of hydrogen-bond donors (Lipinski definition) is 2. The summed E-state index contributed by atoms with van der Waals surface area (Å²) in [6.07, 6.45) is 1.39. The molecule has 1 heterocycles. The van der Waals surface area contributed by atoms with E-state index in [0.29, 0.717) is 17.7 Å². The van der Waals surface area contributed by atoms with E-state index in [2.05, 4.69) is 32.6 Å². The lowest BCUT2D eigenvalue weighted by molar-refractivity contribution is 0.289. The molecule has 0 saturated heterocycles. The summed E-state index contributed by atoms with van der Waals surface area (Å²) in [5.41, 5.74) is 3.78. The lowest BCUT2D eigenvalue weighted by Crippen LogP contribution is -1.98. The summed E-state index contributed by atoms with van der Waals surface area (Å²) >= 11 is 3.52.